The molecular formula is C17H16BrN3. The summed E-state index contributed by atoms with van der Waals surface area (Å²) in [5, 5.41) is 3.57. The van der Waals surface area contributed by atoms with E-state index < -0.39 is 0 Å². The van der Waals surface area contributed by atoms with E-state index in [4.69, 9.17) is 0 Å². The van der Waals surface area contributed by atoms with Gasteiger partial charge in [-0.25, -0.2) is 4.98 Å². The average molecular weight is 342 g/mol. The highest BCUT2D eigenvalue weighted by atomic mass is 79.9. The Morgan fingerprint density at radius 2 is 2.00 bits per heavy atom. The van der Waals surface area contributed by atoms with Gasteiger partial charge in [0.2, 0.25) is 0 Å². The van der Waals surface area contributed by atoms with Gasteiger partial charge in [-0.1, -0.05) is 40.2 Å². The molecule has 3 rings (SSSR count). The van der Waals surface area contributed by atoms with E-state index in [1.165, 1.54) is 5.56 Å². The van der Waals surface area contributed by atoms with Crippen molar-refractivity contribution in [2.24, 2.45) is 0 Å². The van der Waals surface area contributed by atoms with Crippen molar-refractivity contribution in [2.45, 2.75) is 13.0 Å². The summed E-state index contributed by atoms with van der Waals surface area (Å²) in [5.74, 6) is 0. The van der Waals surface area contributed by atoms with Gasteiger partial charge in [0.25, 0.3) is 0 Å². The number of benzene rings is 2. The molecule has 3 nitrogen and oxygen atoms in total. The van der Waals surface area contributed by atoms with Gasteiger partial charge in [-0.05, 0) is 36.8 Å². The van der Waals surface area contributed by atoms with Crippen LogP contribution < -0.4 is 5.32 Å². The third kappa shape index (κ3) is 3.16. The monoisotopic (exact) mass is 341 g/mol. The molecule has 1 aromatic heterocycles. The first-order valence-corrected chi connectivity index (χ1v) is 7.63. The highest BCUT2D eigenvalue weighted by molar-refractivity contribution is 9.10. The molecule has 0 amide bonds. The first-order chi connectivity index (χ1) is 10.2. The van der Waals surface area contributed by atoms with E-state index in [1.807, 2.05) is 35.3 Å². The number of nitrogens with one attached hydrogen (secondary N) is 1. The zero-order valence-electron chi connectivity index (χ0n) is 11.7. The van der Waals surface area contributed by atoms with Crippen molar-refractivity contribution >= 4 is 21.6 Å². The summed E-state index contributed by atoms with van der Waals surface area (Å²) in [4.78, 5) is 4.12. The first kappa shape index (κ1) is 13.9. The Labute approximate surface area is 132 Å². The van der Waals surface area contributed by atoms with Gasteiger partial charge in [-0.15, -0.1) is 0 Å². The van der Waals surface area contributed by atoms with Crippen LogP contribution in [0.2, 0.25) is 0 Å². The number of aromatic nitrogens is 2. The van der Waals surface area contributed by atoms with E-state index in [2.05, 4.69) is 63.5 Å². The minimum Gasteiger partial charge on any atom is -0.377 e. The number of anilines is 1. The molecule has 2 aromatic carbocycles. The van der Waals surface area contributed by atoms with Gasteiger partial charge in [0.05, 0.1) is 17.7 Å². The molecule has 0 aliphatic heterocycles. The highest BCUT2D eigenvalue weighted by Gasteiger charge is 2.09. The first-order valence-electron chi connectivity index (χ1n) is 6.83. The normalized spacial score (nSPS) is 12.1. The highest BCUT2D eigenvalue weighted by Crippen LogP contribution is 2.26. The fourth-order valence-electron chi connectivity index (χ4n) is 2.31. The van der Waals surface area contributed by atoms with Crippen LogP contribution in [0.4, 0.5) is 5.69 Å². The van der Waals surface area contributed by atoms with Gasteiger partial charge in [0, 0.05) is 22.9 Å². The molecule has 3 aromatic rings. The van der Waals surface area contributed by atoms with Crippen molar-refractivity contribution in [1.82, 2.24) is 9.55 Å². The molecule has 0 aliphatic carbocycles. The van der Waals surface area contributed by atoms with Crippen molar-refractivity contribution in [3.8, 4) is 5.69 Å². The number of hydrogen-bond acceptors (Lipinski definition) is 2. The zero-order valence-corrected chi connectivity index (χ0v) is 13.3. The molecule has 1 heterocycles. The second kappa shape index (κ2) is 6.14. The fourth-order valence-corrected chi connectivity index (χ4v) is 2.73. The molecule has 0 aliphatic rings. The molecule has 21 heavy (non-hydrogen) atoms. The fraction of sp³-hybridized carbons (Fsp3) is 0.118. The van der Waals surface area contributed by atoms with Crippen molar-refractivity contribution < 1.29 is 0 Å². The standard InChI is InChI=1S/C17H16BrN3/c1-13(14-5-4-6-15(18)11-14)20-16-7-2-3-8-17(16)21-10-9-19-12-21/h2-13,20H,1H3. The van der Waals surface area contributed by atoms with Gasteiger partial charge in [-0.3, -0.25) is 0 Å². The van der Waals surface area contributed by atoms with E-state index in [1.54, 1.807) is 6.20 Å². The summed E-state index contributed by atoms with van der Waals surface area (Å²) >= 11 is 3.52. The number of para-hydroxylation sites is 2. The summed E-state index contributed by atoms with van der Waals surface area (Å²) in [6, 6.07) is 16.8. The molecule has 1 unspecified atom stereocenters. The van der Waals surface area contributed by atoms with E-state index in [0.717, 1.165) is 15.8 Å². The molecule has 0 saturated heterocycles. The van der Waals surface area contributed by atoms with E-state index in [0.29, 0.717) is 0 Å². The number of imidazole rings is 1. The van der Waals surface area contributed by atoms with Crippen LogP contribution in [-0.2, 0) is 0 Å². The number of halogens is 1. The van der Waals surface area contributed by atoms with Gasteiger partial charge in [-0.2, -0.15) is 0 Å². The van der Waals surface area contributed by atoms with Crippen LogP contribution in [0.5, 0.6) is 0 Å². The molecule has 0 bridgehead atoms. The van der Waals surface area contributed by atoms with Crippen LogP contribution in [0, 0.1) is 0 Å². The Kier molecular flexibility index (Phi) is 4.06. The lowest BCUT2D eigenvalue weighted by Gasteiger charge is -2.19. The van der Waals surface area contributed by atoms with Crippen LogP contribution >= 0.6 is 15.9 Å². The Hall–Kier alpha value is -2.07. The van der Waals surface area contributed by atoms with Crippen LogP contribution in [0.15, 0.2) is 71.7 Å². The summed E-state index contributed by atoms with van der Waals surface area (Å²) in [6.45, 7) is 2.16. The van der Waals surface area contributed by atoms with Crippen molar-refractivity contribution in [1.29, 1.82) is 0 Å². The van der Waals surface area contributed by atoms with Crippen molar-refractivity contribution in [2.75, 3.05) is 5.32 Å². The smallest absolute Gasteiger partial charge is 0.0992 e. The number of nitrogens with zero attached hydrogens (tertiary/aromatic N) is 2. The Morgan fingerprint density at radius 1 is 1.14 bits per heavy atom. The van der Waals surface area contributed by atoms with Crippen LogP contribution in [0.3, 0.4) is 0 Å². The van der Waals surface area contributed by atoms with Crippen LogP contribution in [0.25, 0.3) is 5.69 Å². The van der Waals surface area contributed by atoms with Crippen molar-refractivity contribution in [3.63, 3.8) is 0 Å². The Bertz CT molecular complexity index is 722. The van der Waals surface area contributed by atoms with E-state index in [9.17, 15) is 0 Å². The predicted molar refractivity (Wildman–Crippen MR) is 89.7 cm³/mol. The van der Waals surface area contributed by atoms with Gasteiger partial charge in [0.1, 0.15) is 0 Å². The van der Waals surface area contributed by atoms with Crippen LogP contribution in [-0.4, -0.2) is 9.55 Å². The second-order valence-corrected chi connectivity index (χ2v) is 5.82. The van der Waals surface area contributed by atoms with Gasteiger partial charge < -0.3 is 9.88 Å². The second-order valence-electron chi connectivity index (χ2n) is 4.91. The molecule has 0 saturated carbocycles. The summed E-state index contributed by atoms with van der Waals surface area (Å²) in [6.07, 6.45) is 5.54. The summed E-state index contributed by atoms with van der Waals surface area (Å²) < 4.78 is 3.10. The van der Waals surface area contributed by atoms with E-state index >= 15 is 0 Å². The third-order valence-corrected chi connectivity index (χ3v) is 3.90. The molecule has 4 heteroatoms. The van der Waals surface area contributed by atoms with E-state index in [-0.39, 0.29) is 6.04 Å². The quantitative estimate of drug-likeness (QED) is 0.738. The maximum absolute atomic E-state index is 4.12. The number of rotatable bonds is 4. The minimum atomic E-state index is 0.215. The lowest BCUT2D eigenvalue weighted by Crippen LogP contribution is -2.09. The molecular weight excluding hydrogens is 326 g/mol. The van der Waals surface area contributed by atoms with Gasteiger partial charge in [0.15, 0.2) is 0 Å². The third-order valence-electron chi connectivity index (χ3n) is 3.41. The largest absolute Gasteiger partial charge is 0.377 e. The molecule has 0 spiro atoms. The van der Waals surface area contributed by atoms with Gasteiger partial charge >= 0.3 is 0 Å². The molecule has 0 fully saturated rings. The Morgan fingerprint density at radius 3 is 2.76 bits per heavy atom. The van der Waals surface area contributed by atoms with Crippen molar-refractivity contribution in [3.05, 3.63) is 77.3 Å². The molecule has 1 atom stereocenters. The SMILES string of the molecule is CC(Nc1ccccc1-n1ccnc1)c1cccc(Br)c1. The maximum atomic E-state index is 4.12. The average Bonchev–Trinajstić information content (AvgIpc) is 3.02. The Balaban J connectivity index is 1.88. The lowest BCUT2D eigenvalue weighted by molar-refractivity contribution is 0.878. The lowest BCUT2D eigenvalue weighted by atomic mass is 10.1. The molecule has 1 N–H and O–H groups in total. The molecule has 106 valence electrons. The van der Waals surface area contributed by atoms with Crippen LogP contribution in [0.1, 0.15) is 18.5 Å². The predicted octanol–water partition coefficient (Wildman–Crippen LogP) is 4.81. The zero-order chi connectivity index (χ0) is 14.7. The molecule has 0 radical (unpaired) electrons. The number of hydrogen-bond donors (Lipinski definition) is 1. The topological polar surface area (TPSA) is 29.9 Å². The minimum absolute atomic E-state index is 0.215. The summed E-state index contributed by atoms with van der Waals surface area (Å²) in [7, 11) is 0. The maximum Gasteiger partial charge on any atom is 0.0992 e. The summed E-state index contributed by atoms with van der Waals surface area (Å²) in [5.41, 5.74) is 3.42.